The first-order chi connectivity index (χ1) is 8.15. The van der Waals surface area contributed by atoms with Gasteiger partial charge in [-0.2, -0.15) is 10.2 Å². The van der Waals surface area contributed by atoms with Crippen molar-refractivity contribution >= 4 is 11.9 Å². The monoisotopic (exact) mass is 230 g/mol. The molecular formula is C12H12N3O2. The van der Waals surface area contributed by atoms with E-state index in [1.807, 2.05) is 30.3 Å². The number of amides is 3. The summed E-state index contributed by atoms with van der Waals surface area (Å²) in [5, 5.41) is 8.52. The highest BCUT2D eigenvalue weighted by atomic mass is 16.2. The smallest absolute Gasteiger partial charge is 0.335 e. The van der Waals surface area contributed by atoms with Gasteiger partial charge in [-0.1, -0.05) is 30.3 Å². The van der Waals surface area contributed by atoms with Crippen molar-refractivity contribution in [2.75, 3.05) is 0 Å². The van der Waals surface area contributed by atoms with Gasteiger partial charge < -0.3 is 5.73 Å². The van der Waals surface area contributed by atoms with Gasteiger partial charge in [0.15, 0.2) is 6.19 Å². The number of hydrogen-bond donors (Lipinski definition) is 1. The van der Waals surface area contributed by atoms with Gasteiger partial charge in [0.05, 0.1) is 6.42 Å². The number of nitrogens with zero attached hydrogens (tertiary/aromatic N) is 2. The summed E-state index contributed by atoms with van der Waals surface area (Å²) in [4.78, 5) is 22.4. The number of carbonyl (C=O) groups excluding carboxylic acids is 2. The summed E-state index contributed by atoms with van der Waals surface area (Å²) in [6, 6.07) is 8.53. The van der Waals surface area contributed by atoms with E-state index in [4.69, 9.17) is 11.0 Å². The molecule has 0 fully saturated rings. The number of primary amides is 1. The first kappa shape index (κ1) is 12.7. The Morgan fingerprint density at radius 2 is 2.00 bits per heavy atom. The molecule has 0 spiro atoms. The molecule has 1 rings (SSSR count). The van der Waals surface area contributed by atoms with Crippen LogP contribution in [0.3, 0.4) is 0 Å². The maximum Gasteiger partial charge on any atom is 0.335 e. The fraction of sp³-hybridized carbons (Fsp3) is 0.167. The normalized spacial score (nSPS) is 9.35. The van der Waals surface area contributed by atoms with Gasteiger partial charge in [0.1, 0.15) is 0 Å². The zero-order valence-electron chi connectivity index (χ0n) is 9.17. The van der Waals surface area contributed by atoms with Gasteiger partial charge in [0.25, 0.3) is 0 Å². The molecule has 0 atom stereocenters. The Bertz CT molecular complexity index is 437. The van der Waals surface area contributed by atoms with Gasteiger partial charge in [0, 0.05) is 0 Å². The van der Waals surface area contributed by atoms with Crippen LogP contribution in [0.1, 0.15) is 12.0 Å². The fourth-order valence-corrected chi connectivity index (χ4v) is 1.31. The molecular weight excluding hydrogens is 218 g/mol. The number of imide groups is 1. The molecule has 0 aliphatic heterocycles. The Balaban J connectivity index is 2.39. The lowest BCUT2D eigenvalue weighted by atomic mass is 10.1. The summed E-state index contributed by atoms with van der Waals surface area (Å²) in [6.45, 7) is 0. The number of benzene rings is 1. The Labute approximate surface area is 99.4 Å². The van der Waals surface area contributed by atoms with Gasteiger partial charge in [-0.05, 0) is 18.4 Å². The van der Waals surface area contributed by atoms with Crippen molar-refractivity contribution in [1.29, 1.82) is 5.26 Å². The second kappa shape index (κ2) is 6.28. The molecule has 1 aromatic rings. The van der Waals surface area contributed by atoms with Crippen molar-refractivity contribution in [2.45, 2.75) is 12.8 Å². The maximum absolute atomic E-state index is 11.4. The number of nitrogens with two attached hydrogens (primary N) is 1. The Hall–Kier alpha value is -2.35. The van der Waals surface area contributed by atoms with E-state index in [0.29, 0.717) is 17.7 Å². The van der Waals surface area contributed by atoms with Crippen molar-refractivity contribution < 1.29 is 9.59 Å². The largest absolute Gasteiger partial charge is 0.350 e. The molecule has 1 aromatic carbocycles. The lowest BCUT2D eigenvalue weighted by Crippen LogP contribution is -2.36. The van der Waals surface area contributed by atoms with E-state index in [0.717, 1.165) is 5.56 Å². The quantitative estimate of drug-likeness (QED) is 0.623. The molecule has 5 heteroatoms. The average molecular weight is 230 g/mol. The van der Waals surface area contributed by atoms with Crippen molar-refractivity contribution in [3.8, 4) is 6.19 Å². The predicted molar refractivity (Wildman–Crippen MR) is 61.1 cm³/mol. The molecule has 0 aromatic heterocycles. The molecule has 17 heavy (non-hydrogen) atoms. The van der Waals surface area contributed by atoms with E-state index in [-0.39, 0.29) is 0 Å². The molecule has 0 unspecified atom stereocenters. The average Bonchev–Trinajstić information content (AvgIpc) is 2.30. The number of nitriles is 1. The van der Waals surface area contributed by atoms with Crippen LogP contribution >= 0.6 is 0 Å². The summed E-state index contributed by atoms with van der Waals surface area (Å²) in [7, 11) is 0. The third-order valence-corrected chi connectivity index (χ3v) is 2.14. The minimum absolute atomic E-state index is 0.324. The zero-order chi connectivity index (χ0) is 12.7. The van der Waals surface area contributed by atoms with E-state index in [1.54, 1.807) is 0 Å². The molecule has 0 heterocycles. The summed E-state index contributed by atoms with van der Waals surface area (Å²) >= 11 is 0. The van der Waals surface area contributed by atoms with Crippen LogP contribution in [0.5, 0.6) is 0 Å². The molecule has 5 nitrogen and oxygen atoms in total. The Morgan fingerprint density at radius 3 is 2.53 bits per heavy atom. The lowest BCUT2D eigenvalue weighted by molar-refractivity contribution is -0.122. The van der Waals surface area contributed by atoms with E-state index in [9.17, 15) is 9.59 Å². The van der Waals surface area contributed by atoms with Crippen molar-refractivity contribution in [1.82, 2.24) is 4.90 Å². The first-order valence-electron chi connectivity index (χ1n) is 5.05. The summed E-state index contributed by atoms with van der Waals surface area (Å²) < 4.78 is 0. The van der Waals surface area contributed by atoms with Crippen molar-refractivity contribution in [2.24, 2.45) is 5.73 Å². The van der Waals surface area contributed by atoms with Crippen molar-refractivity contribution in [3.63, 3.8) is 0 Å². The van der Waals surface area contributed by atoms with Crippen LogP contribution in [-0.2, 0) is 11.2 Å². The second-order valence-corrected chi connectivity index (χ2v) is 3.34. The third kappa shape index (κ3) is 3.95. The number of urea groups is 1. The van der Waals surface area contributed by atoms with Crippen LogP contribution < -0.4 is 5.73 Å². The molecule has 0 aliphatic carbocycles. The van der Waals surface area contributed by atoms with E-state index in [2.05, 4.69) is 0 Å². The Morgan fingerprint density at radius 1 is 1.35 bits per heavy atom. The topological polar surface area (TPSA) is 87.2 Å². The van der Waals surface area contributed by atoms with Gasteiger partial charge in [-0.25, -0.2) is 4.79 Å². The number of rotatable bonds is 4. The highest BCUT2D eigenvalue weighted by Gasteiger charge is 2.17. The van der Waals surface area contributed by atoms with E-state index < -0.39 is 11.9 Å². The van der Waals surface area contributed by atoms with Crippen LogP contribution in [-0.4, -0.2) is 16.8 Å². The van der Waals surface area contributed by atoms with Crippen LogP contribution in [0, 0.1) is 17.9 Å². The fourth-order valence-electron chi connectivity index (χ4n) is 1.31. The van der Waals surface area contributed by atoms with Crippen LogP contribution in [0.25, 0.3) is 0 Å². The van der Waals surface area contributed by atoms with Gasteiger partial charge in [-0.3, -0.25) is 4.79 Å². The second-order valence-electron chi connectivity index (χ2n) is 3.34. The summed E-state index contributed by atoms with van der Waals surface area (Å²) in [6.07, 6.45) is 3.83. The molecule has 2 N–H and O–H groups in total. The van der Waals surface area contributed by atoms with Crippen molar-refractivity contribution in [3.05, 3.63) is 42.3 Å². The first-order valence-corrected chi connectivity index (χ1v) is 5.05. The number of aryl methyl sites for hydroxylation is 1. The molecule has 1 radical (unpaired) electrons. The minimum atomic E-state index is -1.06. The van der Waals surface area contributed by atoms with Gasteiger partial charge in [0.2, 0.25) is 5.91 Å². The van der Waals surface area contributed by atoms with E-state index in [1.165, 1.54) is 12.6 Å². The van der Waals surface area contributed by atoms with Crippen LogP contribution in [0.4, 0.5) is 4.79 Å². The summed E-state index contributed by atoms with van der Waals surface area (Å²) in [5.41, 5.74) is 5.94. The number of carbonyl (C=O) groups is 2. The minimum Gasteiger partial charge on any atom is -0.350 e. The van der Waals surface area contributed by atoms with Crippen LogP contribution in [0.15, 0.2) is 30.3 Å². The molecule has 87 valence electrons. The molecule has 0 saturated carbocycles. The molecule has 0 bridgehead atoms. The highest BCUT2D eigenvalue weighted by Crippen LogP contribution is 2.05. The van der Waals surface area contributed by atoms with Crippen LogP contribution in [0.2, 0.25) is 0 Å². The molecule has 0 saturated heterocycles. The molecule has 0 aliphatic rings. The molecule has 3 amide bonds. The SMILES string of the molecule is N#CN(C(N)=O)C(=O)[CH]CCc1ccccc1. The standard InChI is InChI=1S/C12H12N3O2/c13-9-15(12(14)17)11(16)8-4-7-10-5-2-1-3-6-10/h1-3,5-6,8H,4,7H2,(H2,14,17). The van der Waals surface area contributed by atoms with E-state index >= 15 is 0 Å². The zero-order valence-corrected chi connectivity index (χ0v) is 9.17. The lowest BCUT2D eigenvalue weighted by Gasteiger charge is -2.07. The number of hydrogen-bond acceptors (Lipinski definition) is 3. The van der Waals surface area contributed by atoms with Gasteiger partial charge in [-0.15, -0.1) is 0 Å². The van der Waals surface area contributed by atoms with Gasteiger partial charge >= 0.3 is 6.03 Å². The highest BCUT2D eigenvalue weighted by molar-refractivity contribution is 5.99. The predicted octanol–water partition coefficient (Wildman–Crippen LogP) is 1.21. The Kier molecular flexibility index (Phi) is 4.70. The maximum atomic E-state index is 11.4. The summed E-state index contributed by atoms with van der Waals surface area (Å²) in [5.74, 6) is -0.684. The third-order valence-electron chi connectivity index (χ3n) is 2.14.